The second kappa shape index (κ2) is 9.63. The number of benzene rings is 2. The summed E-state index contributed by atoms with van der Waals surface area (Å²) >= 11 is 0. The Morgan fingerprint density at radius 2 is 1.85 bits per heavy atom. The van der Waals surface area contributed by atoms with Crippen molar-refractivity contribution in [3.05, 3.63) is 76.2 Å². The summed E-state index contributed by atoms with van der Waals surface area (Å²) in [6, 6.07) is 12.1. The lowest BCUT2D eigenvalue weighted by atomic mass is 10.0. The Bertz CT molecular complexity index is 1380. The summed E-state index contributed by atoms with van der Waals surface area (Å²) in [5, 5.41) is 8.53. The molecule has 1 N–H and O–H groups in total. The standard InChI is InChI=1S/C27H29FN4O2/c1-6-34-27-22(13-14-24(33)29-23-12-7-9-16(2)17(23)3)18(4)25-19(5)31-32(26(25)30-27)21-11-8-10-20(28)15-21/h7-12,15H,6,13-14H2,1-5H3,(H,29,33). The zero-order valence-electron chi connectivity index (χ0n) is 20.2. The smallest absolute Gasteiger partial charge is 0.224 e. The van der Waals surface area contributed by atoms with Gasteiger partial charge in [-0.1, -0.05) is 18.2 Å². The number of amides is 1. The van der Waals surface area contributed by atoms with Crippen LogP contribution in [0.25, 0.3) is 16.7 Å². The Morgan fingerprint density at radius 3 is 2.59 bits per heavy atom. The first-order chi connectivity index (χ1) is 16.3. The van der Waals surface area contributed by atoms with Crippen molar-refractivity contribution >= 4 is 22.6 Å². The summed E-state index contributed by atoms with van der Waals surface area (Å²) in [6.07, 6.45) is 0.768. The van der Waals surface area contributed by atoms with E-state index in [4.69, 9.17) is 9.72 Å². The molecule has 4 rings (SSSR count). The normalized spacial score (nSPS) is 11.1. The van der Waals surface area contributed by atoms with Gasteiger partial charge in [0.25, 0.3) is 0 Å². The number of aryl methyl sites for hydroxylation is 3. The molecule has 0 bridgehead atoms. The van der Waals surface area contributed by atoms with Crippen molar-refractivity contribution in [3.63, 3.8) is 0 Å². The number of carbonyl (C=O) groups excluding carboxylic acids is 1. The minimum absolute atomic E-state index is 0.0668. The Labute approximate surface area is 198 Å². The highest BCUT2D eigenvalue weighted by Gasteiger charge is 2.21. The topological polar surface area (TPSA) is 69.0 Å². The maximum absolute atomic E-state index is 13.9. The molecule has 0 aliphatic heterocycles. The fraction of sp³-hybridized carbons (Fsp3) is 0.296. The van der Waals surface area contributed by atoms with Gasteiger partial charge in [-0.2, -0.15) is 10.1 Å². The fourth-order valence-electron chi connectivity index (χ4n) is 4.21. The van der Waals surface area contributed by atoms with Crippen molar-refractivity contribution in [2.45, 2.75) is 47.5 Å². The third-order valence-electron chi connectivity index (χ3n) is 6.14. The summed E-state index contributed by atoms with van der Waals surface area (Å²) in [7, 11) is 0. The van der Waals surface area contributed by atoms with Crippen LogP contribution in [0.1, 0.15) is 41.3 Å². The molecular formula is C27H29FN4O2. The van der Waals surface area contributed by atoms with E-state index in [0.29, 0.717) is 36.7 Å². The van der Waals surface area contributed by atoms with Gasteiger partial charge < -0.3 is 10.1 Å². The van der Waals surface area contributed by atoms with Gasteiger partial charge in [-0.15, -0.1) is 0 Å². The number of hydrogen-bond donors (Lipinski definition) is 1. The number of nitrogens with one attached hydrogen (secondary N) is 1. The predicted octanol–water partition coefficient (Wildman–Crippen LogP) is 5.76. The third kappa shape index (κ3) is 4.51. The van der Waals surface area contributed by atoms with E-state index in [0.717, 1.165) is 39.0 Å². The number of pyridine rings is 1. The summed E-state index contributed by atoms with van der Waals surface area (Å²) in [6.45, 7) is 10.3. The van der Waals surface area contributed by atoms with Crippen molar-refractivity contribution in [1.29, 1.82) is 0 Å². The summed E-state index contributed by atoms with van der Waals surface area (Å²) in [5.74, 6) is 0.0689. The number of halogens is 1. The lowest BCUT2D eigenvalue weighted by molar-refractivity contribution is -0.116. The molecule has 0 aliphatic carbocycles. The van der Waals surface area contributed by atoms with E-state index in [1.165, 1.54) is 12.1 Å². The van der Waals surface area contributed by atoms with Crippen LogP contribution in [0.15, 0.2) is 42.5 Å². The van der Waals surface area contributed by atoms with Crippen molar-refractivity contribution in [2.24, 2.45) is 0 Å². The quantitative estimate of drug-likeness (QED) is 0.381. The molecule has 0 unspecified atom stereocenters. The second-order valence-electron chi connectivity index (χ2n) is 8.42. The molecule has 2 aromatic heterocycles. The number of fused-ring (bicyclic) bond motifs is 1. The van der Waals surface area contributed by atoms with Crippen LogP contribution in [0, 0.1) is 33.5 Å². The second-order valence-corrected chi connectivity index (χ2v) is 8.42. The van der Waals surface area contributed by atoms with Crippen LogP contribution in [-0.2, 0) is 11.2 Å². The van der Waals surface area contributed by atoms with E-state index >= 15 is 0 Å². The highest BCUT2D eigenvalue weighted by molar-refractivity contribution is 5.92. The molecule has 2 heterocycles. The number of rotatable bonds is 7. The van der Waals surface area contributed by atoms with E-state index in [1.807, 2.05) is 52.8 Å². The molecule has 0 aliphatic rings. The first kappa shape index (κ1) is 23.4. The van der Waals surface area contributed by atoms with Crippen molar-refractivity contribution < 1.29 is 13.9 Å². The van der Waals surface area contributed by atoms with Crippen molar-refractivity contribution in [1.82, 2.24) is 14.8 Å². The molecule has 4 aromatic rings. The van der Waals surface area contributed by atoms with Crippen LogP contribution in [-0.4, -0.2) is 27.3 Å². The van der Waals surface area contributed by atoms with Gasteiger partial charge in [-0.05, 0) is 82.0 Å². The van der Waals surface area contributed by atoms with E-state index in [-0.39, 0.29) is 11.7 Å². The molecule has 7 heteroatoms. The van der Waals surface area contributed by atoms with E-state index < -0.39 is 0 Å². The predicted molar refractivity (Wildman–Crippen MR) is 132 cm³/mol. The summed E-state index contributed by atoms with van der Waals surface area (Å²) in [4.78, 5) is 17.5. The average molecular weight is 461 g/mol. The number of nitrogens with zero attached hydrogens (tertiary/aromatic N) is 3. The van der Waals surface area contributed by atoms with Crippen LogP contribution >= 0.6 is 0 Å². The van der Waals surface area contributed by atoms with Gasteiger partial charge >= 0.3 is 0 Å². The Morgan fingerprint density at radius 1 is 1.09 bits per heavy atom. The first-order valence-electron chi connectivity index (χ1n) is 11.4. The number of aromatic nitrogens is 3. The number of anilines is 1. The molecule has 0 saturated heterocycles. The van der Waals surface area contributed by atoms with Crippen molar-refractivity contribution in [2.75, 3.05) is 11.9 Å². The van der Waals surface area contributed by atoms with Gasteiger partial charge in [0.2, 0.25) is 11.8 Å². The lowest BCUT2D eigenvalue weighted by Gasteiger charge is -2.15. The molecule has 0 fully saturated rings. The third-order valence-corrected chi connectivity index (χ3v) is 6.14. The zero-order chi connectivity index (χ0) is 24.4. The van der Waals surface area contributed by atoms with E-state index in [9.17, 15) is 9.18 Å². The van der Waals surface area contributed by atoms with Crippen LogP contribution in [0.3, 0.4) is 0 Å². The van der Waals surface area contributed by atoms with Crippen molar-refractivity contribution in [3.8, 4) is 11.6 Å². The maximum Gasteiger partial charge on any atom is 0.224 e. The molecule has 0 radical (unpaired) electrons. The maximum atomic E-state index is 13.9. The van der Waals surface area contributed by atoms with Crippen LogP contribution in [0.4, 0.5) is 10.1 Å². The molecular weight excluding hydrogens is 431 g/mol. The van der Waals surface area contributed by atoms with Gasteiger partial charge in [0.05, 0.1) is 18.0 Å². The lowest BCUT2D eigenvalue weighted by Crippen LogP contribution is -2.14. The molecule has 176 valence electrons. The largest absolute Gasteiger partial charge is 0.478 e. The van der Waals surface area contributed by atoms with Gasteiger partial charge in [0.1, 0.15) is 5.82 Å². The molecule has 0 saturated carbocycles. The highest BCUT2D eigenvalue weighted by Crippen LogP contribution is 2.32. The summed E-state index contributed by atoms with van der Waals surface area (Å²) in [5.41, 5.74) is 6.85. The monoisotopic (exact) mass is 460 g/mol. The average Bonchev–Trinajstić information content (AvgIpc) is 3.13. The molecule has 6 nitrogen and oxygen atoms in total. The zero-order valence-corrected chi connectivity index (χ0v) is 20.2. The van der Waals surface area contributed by atoms with Gasteiger partial charge in [-0.3, -0.25) is 4.79 Å². The molecule has 0 atom stereocenters. The molecule has 34 heavy (non-hydrogen) atoms. The van der Waals surface area contributed by atoms with Crippen LogP contribution in [0.2, 0.25) is 0 Å². The Balaban J connectivity index is 1.68. The van der Waals surface area contributed by atoms with E-state index in [1.54, 1.807) is 16.8 Å². The van der Waals surface area contributed by atoms with Gasteiger partial charge in [0.15, 0.2) is 5.65 Å². The van der Waals surface area contributed by atoms with E-state index in [2.05, 4.69) is 10.4 Å². The molecule has 2 aromatic carbocycles. The van der Waals surface area contributed by atoms with Crippen LogP contribution < -0.4 is 10.1 Å². The van der Waals surface area contributed by atoms with Crippen LogP contribution in [0.5, 0.6) is 5.88 Å². The minimum Gasteiger partial charge on any atom is -0.478 e. The first-order valence-corrected chi connectivity index (χ1v) is 11.4. The Kier molecular flexibility index (Phi) is 6.63. The number of carbonyl (C=O) groups is 1. The fourth-order valence-corrected chi connectivity index (χ4v) is 4.21. The Hall–Kier alpha value is -3.74. The minimum atomic E-state index is -0.341. The summed E-state index contributed by atoms with van der Waals surface area (Å²) < 4.78 is 21.4. The van der Waals surface area contributed by atoms with Gasteiger partial charge in [0, 0.05) is 23.1 Å². The molecule has 0 spiro atoms. The highest BCUT2D eigenvalue weighted by atomic mass is 19.1. The SMILES string of the molecule is CCOc1nc2c(c(C)nn2-c2cccc(F)c2)c(C)c1CCC(=O)Nc1cccc(C)c1C. The van der Waals surface area contributed by atoms with Gasteiger partial charge in [-0.25, -0.2) is 9.07 Å². The number of hydrogen-bond acceptors (Lipinski definition) is 4. The number of ether oxygens (including phenoxy) is 1. The molecule has 1 amide bonds.